The largest absolute Gasteiger partial charge is 0.495 e. The van der Waals surface area contributed by atoms with Crippen LogP contribution in [0.4, 0.5) is 0 Å². The van der Waals surface area contributed by atoms with Gasteiger partial charge >= 0.3 is 0 Å². The van der Waals surface area contributed by atoms with Gasteiger partial charge in [0.05, 0.1) is 29.9 Å². The van der Waals surface area contributed by atoms with E-state index in [-0.39, 0.29) is 4.90 Å². The summed E-state index contributed by atoms with van der Waals surface area (Å²) in [6.45, 7) is 5.64. The minimum absolute atomic E-state index is 0.143. The molecule has 0 radical (unpaired) electrons. The molecular formula is C22H23N3O5S2. The molecule has 3 aromatic rings. The van der Waals surface area contributed by atoms with Crippen LogP contribution in [0.5, 0.6) is 5.75 Å². The van der Waals surface area contributed by atoms with Gasteiger partial charge in [0, 0.05) is 25.2 Å². The Bertz CT molecular complexity index is 1320. The average Bonchev–Trinajstić information content (AvgIpc) is 3.17. The molecule has 0 atom stereocenters. The van der Waals surface area contributed by atoms with E-state index in [0.717, 1.165) is 10.2 Å². The van der Waals surface area contributed by atoms with Crippen molar-refractivity contribution in [3.05, 3.63) is 65.5 Å². The van der Waals surface area contributed by atoms with Crippen LogP contribution in [0.3, 0.4) is 0 Å². The van der Waals surface area contributed by atoms with Crippen LogP contribution in [0.25, 0.3) is 10.2 Å². The van der Waals surface area contributed by atoms with E-state index in [9.17, 15) is 13.2 Å². The highest BCUT2D eigenvalue weighted by Crippen LogP contribution is 2.27. The van der Waals surface area contributed by atoms with Crippen molar-refractivity contribution in [2.24, 2.45) is 4.99 Å². The van der Waals surface area contributed by atoms with Crippen LogP contribution in [-0.2, 0) is 21.3 Å². The molecule has 8 nitrogen and oxygen atoms in total. The first kappa shape index (κ1) is 22.4. The van der Waals surface area contributed by atoms with E-state index >= 15 is 0 Å². The van der Waals surface area contributed by atoms with Crippen LogP contribution < -0.4 is 9.54 Å². The predicted molar refractivity (Wildman–Crippen MR) is 122 cm³/mol. The fourth-order valence-electron chi connectivity index (χ4n) is 3.50. The molecule has 1 aliphatic heterocycles. The van der Waals surface area contributed by atoms with Gasteiger partial charge < -0.3 is 14.0 Å². The van der Waals surface area contributed by atoms with Crippen LogP contribution in [0.15, 0.2) is 65.0 Å². The fraction of sp³-hybridized carbons (Fsp3) is 0.273. The molecule has 0 bridgehead atoms. The van der Waals surface area contributed by atoms with Crippen LogP contribution in [0, 0.1) is 0 Å². The van der Waals surface area contributed by atoms with Crippen molar-refractivity contribution in [1.82, 2.24) is 8.87 Å². The number of hydrogen-bond donors (Lipinski definition) is 0. The Labute approximate surface area is 190 Å². The molecule has 0 N–H and O–H groups in total. The molecule has 4 rings (SSSR count). The van der Waals surface area contributed by atoms with Crippen LogP contribution in [-0.4, -0.2) is 56.6 Å². The summed E-state index contributed by atoms with van der Waals surface area (Å²) in [4.78, 5) is 17.8. The molecule has 1 amide bonds. The van der Waals surface area contributed by atoms with Crippen molar-refractivity contribution in [3.63, 3.8) is 0 Å². The number of morpholine rings is 1. The van der Waals surface area contributed by atoms with Gasteiger partial charge in [-0.25, -0.2) is 8.42 Å². The molecule has 0 saturated carbocycles. The highest BCUT2D eigenvalue weighted by molar-refractivity contribution is 7.89. The summed E-state index contributed by atoms with van der Waals surface area (Å²) < 4.78 is 40.4. The summed E-state index contributed by atoms with van der Waals surface area (Å²) in [5.74, 6) is 0.232. The second kappa shape index (κ2) is 9.37. The lowest BCUT2D eigenvalue weighted by molar-refractivity contribution is 0.0730. The number of allylic oxidation sites excluding steroid dienone is 1. The third-order valence-corrected chi connectivity index (χ3v) is 8.06. The topological polar surface area (TPSA) is 90.2 Å². The second-order valence-corrected chi connectivity index (χ2v) is 10.00. The Morgan fingerprint density at radius 2 is 1.94 bits per heavy atom. The quantitative estimate of drug-likeness (QED) is 0.514. The number of carbonyl (C=O) groups excluding carboxylic acids is 1. The first-order chi connectivity index (χ1) is 15.5. The van der Waals surface area contributed by atoms with E-state index in [1.807, 2.05) is 22.8 Å². The molecule has 1 aromatic heterocycles. The van der Waals surface area contributed by atoms with E-state index in [4.69, 9.17) is 9.47 Å². The molecule has 2 aromatic carbocycles. The predicted octanol–water partition coefficient (Wildman–Crippen LogP) is 2.66. The highest BCUT2D eigenvalue weighted by atomic mass is 32.2. The normalized spacial score (nSPS) is 15.7. The number of hydrogen-bond acceptors (Lipinski definition) is 6. The molecule has 2 heterocycles. The number of benzene rings is 2. The monoisotopic (exact) mass is 473 g/mol. The Balaban J connectivity index is 1.67. The zero-order valence-corrected chi connectivity index (χ0v) is 19.2. The van der Waals surface area contributed by atoms with Gasteiger partial charge in [0.1, 0.15) is 11.3 Å². The molecule has 32 heavy (non-hydrogen) atoms. The summed E-state index contributed by atoms with van der Waals surface area (Å²) in [5.41, 5.74) is 1.15. The SMILES string of the molecule is C=CCn1c(=NC(=O)c2ccc(S(=O)(=O)N3CCOCC3)cc2)sc2cccc(OC)c21. The van der Waals surface area contributed by atoms with E-state index in [2.05, 4.69) is 11.6 Å². The molecule has 0 unspecified atom stereocenters. The zero-order valence-electron chi connectivity index (χ0n) is 17.6. The van der Waals surface area contributed by atoms with Crippen LogP contribution in [0.2, 0.25) is 0 Å². The molecule has 1 saturated heterocycles. The third kappa shape index (κ3) is 4.26. The van der Waals surface area contributed by atoms with Gasteiger partial charge in [0.15, 0.2) is 4.80 Å². The zero-order chi connectivity index (χ0) is 22.7. The van der Waals surface area contributed by atoms with Crippen molar-refractivity contribution >= 4 is 37.5 Å². The second-order valence-electron chi connectivity index (χ2n) is 7.05. The minimum Gasteiger partial charge on any atom is -0.495 e. The Kier molecular flexibility index (Phi) is 6.56. The fourth-order valence-corrected chi connectivity index (χ4v) is 5.97. The first-order valence-electron chi connectivity index (χ1n) is 10.00. The third-order valence-electron chi connectivity index (χ3n) is 5.10. The van der Waals surface area contributed by atoms with Gasteiger partial charge in [-0.15, -0.1) is 6.58 Å². The number of fused-ring (bicyclic) bond motifs is 1. The Hall–Kier alpha value is -2.79. The van der Waals surface area contributed by atoms with E-state index in [1.165, 1.54) is 39.9 Å². The van der Waals surface area contributed by atoms with Gasteiger partial charge in [0.2, 0.25) is 10.0 Å². The summed E-state index contributed by atoms with van der Waals surface area (Å²) in [6, 6.07) is 11.5. The number of rotatable bonds is 6. The van der Waals surface area contributed by atoms with Crippen LogP contribution >= 0.6 is 11.3 Å². The lowest BCUT2D eigenvalue weighted by Crippen LogP contribution is -2.40. The average molecular weight is 474 g/mol. The summed E-state index contributed by atoms with van der Waals surface area (Å²) in [5, 5.41) is 0. The van der Waals surface area contributed by atoms with Gasteiger partial charge in [0.25, 0.3) is 5.91 Å². The summed E-state index contributed by atoms with van der Waals surface area (Å²) in [7, 11) is -2.02. The van der Waals surface area contributed by atoms with E-state index in [0.29, 0.717) is 49.0 Å². The van der Waals surface area contributed by atoms with Crippen molar-refractivity contribution in [3.8, 4) is 5.75 Å². The maximum Gasteiger partial charge on any atom is 0.279 e. The highest BCUT2D eigenvalue weighted by Gasteiger charge is 2.26. The summed E-state index contributed by atoms with van der Waals surface area (Å²) in [6.07, 6.45) is 1.73. The number of para-hydroxylation sites is 1. The van der Waals surface area contributed by atoms with Crippen LogP contribution in [0.1, 0.15) is 10.4 Å². The number of ether oxygens (including phenoxy) is 2. The van der Waals surface area contributed by atoms with Crippen molar-refractivity contribution in [2.45, 2.75) is 11.4 Å². The molecule has 0 spiro atoms. The number of nitrogens with zero attached hydrogens (tertiary/aromatic N) is 3. The van der Waals surface area contributed by atoms with Crippen molar-refractivity contribution < 1.29 is 22.7 Å². The van der Waals surface area contributed by atoms with Crippen molar-refractivity contribution in [1.29, 1.82) is 0 Å². The van der Waals surface area contributed by atoms with Crippen molar-refractivity contribution in [2.75, 3.05) is 33.4 Å². The number of thiazole rings is 1. The molecule has 168 valence electrons. The summed E-state index contributed by atoms with van der Waals surface area (Å²) >= 11 is 1.38. The Morgan fingerprint density at radius 3 is 2.59 bits per heavy atom. The molecule has 10 heteroatoms. The van der Waals surface area contributed by atoms with Gasteiger partial charge in [-0.1, -0.05) is 23.5 Å². The standard InChI is InChI=1S/C22H23N3O5S2/c1-3-11-25-20-18(29-2)5-4-6-19(20)31-22(25)23-21(26)16-7-9-17(10-8-16)32(27,28)24-12-14-30-15-13-24/h3-10H,1,11-15H2,2H3. The van der Waals surface area contributed by atoms with Gasteiger partial charge in [-0.2, -0.15) is 9.30 Å². The van der Waals surface area contributed by atoms with E-state index < -0.39 is 15.9 Å². The Morgan fingerprint density at radius 1 is 1.22 bits per heavy atom. The number of aromatic nitrogens is 1. The lowest BCUT2D eigenvalue weighted by Gasteiger charge is -2.26. The maximum atomic E-state index is 12.9. The number of carbonyl (C=O) groups is 1. The number of methoxy groups -OCH3 is 1. The molecule has 0 aliphatic carbocycles. The lowest BCUT2D eigenvalue weighted by atomic mass is 10.2. The molecule has 1 fully saturated rings. The maximum absolute atomic E-state index is 12.9. The number of amides is 1. The molecular weight excluding hydrogens is 450 g/mol. The first-order valence-corrected chi connectivity index (χ1v) is 12.3. The van der Waals surface area contributed by atoms with Gasteiger partial charge in [-0.3, -0.25) is 4.79 Å². The smallest absolute Gasteiger partial charge is 0.279 e. The van der Waals surface area contributed by atoms with Gasteiger partial charge in [-0.05, 0) is 36.4 Å². The number of sulfonamides is 1. The molecule has 1 aliphatic rings. The minimum atomic E-state index is -3.62. The van der Waals surface area contributed by atoms with E-state index in [1.54, 1.807) is 13.2 Å².